The highest BCUT2D eigenvalue weighted by Gasteiger charge is 2.18. The second-order valence-corrected chi connectivity index (χ2v) is 8.39. The summed E-state index contributed by atoms with van der Waals surface area (Å²) >= 11 is 3.34. The Balaban J connectivity index is 1.85. The van der Waals surface area contributed by atoms with Gasteiger partial charge in [-0.15, -0.1) is 23.1 Å². The highest BCUT2D eigenvalue weighted by atomic mass is 32.2. The lowest BCUT2D eigenvalue weighted by molar-refractivity contribution is 0.200. The Kier molecular flexibility index (Phi) is 5.47. The van der Waals surface area contributed by atoms with Gasteiger partial charge in [-0.3, -0.25) is 0 Å². The lowest BCUT2D eigenvalue weighted by Crippen LogP contribution is -2.15. The third-order valence-electron chi connectivity index (χ3n) is 3.19. The van der Waals surface area contributed by atoms with Crippen molar-refractivity contribution in [3.63, 3.8) is 0 Å². The fourth-order valence-corrected chi connectivity index (χ4v) is 3.76. The number of nitrogens with zero attached hydrogens (tertiary/aromatic N) is 1. The fraction of sp³-hybridized carbons (Fsp3) is 0.471. The zero-order valence-electron chi connectivity index (χ0n) is 13.1. The van der Waals surface area contributed by atoms with Crippen molar-refractivity contribution in [2.24, 2.45) is 0 Å². The highest BCUT2D eigenvalue weighted by molar-refractivity contribution is 7.99. The van der Waals surface area contributed by atoms with Gasteiger partial charge in [0.1, 0.15) is 0 Å². The summed E-state index contributed by atoms with van der Waals surface area (Å²) in [5, 5.41) is 13.3. The van der Waals surface area contributed by atoms with Crippen LogP contribution in [0.3, 0.4) is 0 Å². The predicted octanol–water partition coefficient (Wildman–Crippen LogP) is 4.44. The van der Waals surface area contributed by atoms with Crippen LogP contribution < -0.4 is 0 Å². The Bertz CT molecular complexity index is 569. The number of benzene rings is 1. The van der Waals surface area contributed by atoms with Crippen molar-refractivity contribution in [2.45, 2.75) is 50.5 Å². The monoisotopic (exact) mass is 321 g/mol. The molecule has 1 heterocycles. The Labute approximate surface area is 135 Å². The van der Waals surface area contributed by atoms with Gasteiger partial charge in [0.05, 0.1) is 16.8 Å². The van der Waals surface area contributed by atoms with Crippen molar-refractivity contribution in [3.05, 3.63) is 45.9 Å². The van der Waals surface area contributed by atoms with Crippen LogP contribution in [0, 0.1) is 6.92 Å². The largest absolute Gasteiger partial charge is 0.392 e. The van der Waals surface area contributed by atoms with Crippen molar-refractivity contribution in [3.8, 4) is 0 Å². The van der Waals surface area contributed by atoms with Crippen molar-refractivity contribution >= 4 is 23.1 Å². The van der Waals surface area contributed by atoms with Crippen molar-refractivity contribution < 1.29 is 5.11 Å². The lowest BCUT2D eigenvalue weighted by Gasteiger charge is -2.14. The molecule has 0 aliphatic rings. The molecule has 1 N–H and O–H groups in total. The van der Waals surface area contributed by atoms with Gasteiger partial charge < -0.3 is 5.11 Å². The molecule has 0 radical (unpaired) electrons. The highest BCUT2D eigenvalue weighted by Crippen LogP contribution is 2.25. The first kappa shape index (κ1) is 16.5. The van der Waals surface area contributed by atoms with Crippen LogP contribution in [0.15, 0.2) is 34.5 Å². The van der Waals surface area contributed by atoms with Crippen LogP contribution >= 0.6 is 23.1 Å². The molecule has 1 aromatic heterocycles. The summed E-state index contributed by atoms with van der Waals surface area (Å²) < 4.78 is 0. The minimum atomic E-state index is -0.352. The Morgan fingerprint density at radius 2 is 1.90 bits per heavy atom. The number of thioether (sulfide) groups is 1. The van der Waals surface area contributed by atoms with Gasteiger partial charge in [0.15, 0.2) is 0 Å². The lowest BCUT2D eigenvalue weighted by atomic mass is 9.93. The predicted molar refractivity (Wildman–Crippen MR) is 92.4 cm³/mol. The first-order chi connectivity index (χ1) is 9.84. The second kappa shape index (κ2) is 6.95. The molecule has 2 aromatic rings. The SMILES string of the molecule is Cc1ccc(SCC(O)Cc2nc(C(C)(C)C)cs2)cc1. The third-order valence-corrected chi connectivity index (χ3v) is 5.22. The summed E-state index contributed by atoms with van der Waals surface area (Å²) in [5.74, 6) is 0.702. The topological polar surface area (TPSA) is 33.1 Å². The number of thiazole rings is 1. The molecule has 1 unspecified atom stereocenters. The van der Waals surface area contributed by atoms with E-state index in [-0.39, 0.29) is 11.5 Å². The third kappa shape index (κ3) is 5.13. The normalized spacial score (nSPS) is 13.4. The van der Waals surface area contributed by atoms with E-state index < -0.39 is 0 Å². The van der Waals surface area contributed by atoms with Gasteiger partial charge in [-0.05, 0) is 19.1 Å². The van der Waals surface area contributed by atoms with Gasteiger partial charge in [-0.1, -0.05) is 38.5 Å². The average molecular weight is 322 g/mol. The standard InChI is InChI=1S/C17H23NOS2/c1-12-5-7-14(8-6-12)20-10-13(19)9-16-18-15(11-21-16)17(2,3)4/h5-8,11,13,19H,9-10H2,1-4H3. The Morgan fingerprint density at radius 3 is 2.48 bits per heavy atom. The smallest absolute Gasteiger partial charge is 0.0954 e. The summed E-state index contributed by atoms with van der Waals surface area (Å²) in [7, 11) is 0. The molecule has 21 heavy (non-hydrogen) atoms. The number of hydrogen-bond donors (Lipinski definition) is 1. The summed E-state index contributed by atoms with van der Waals surface area (Å²) in [4.78, 5) is 5.84. The van der Waals surface area contributed by atoms with Crippen molar-refractivity contribution in [2.75, 3.05) is 5.75 Å². The van der Waals surface area contributed by atoms with Gasteiger partial charge in [-0.25, -0.2) is 4.98 Å². The van der Waals surface area contributed by atoms with E-state index in [0.29, 0.717) is 12.2 Å². The van der Waals surface area contributed by atoms with Crippen molar-refractivity contribution in [1.29, 1.82) is 0 Å². The number of aromatic nitrogens is 1. The molecule has 114 valence electrons. The molecule has 2 rings (SSSR count). The number of aliphatic hydroxyl groups excluding tert-OH is 1. The molecule has 0 saturated heterocycles. The van der Waals surface area contributed by atoms with Gasteiger partial charge in [-0.2, -0.15) is 0 Å². The molecule has 0 amide bonds. The second-order valence-electron chi connectivity index (χ2n) is 6.36. The van der Waals surface area contributed by atoms with Crippen LogP contribution in [0.4, 0.5) is 0 Å². The van der Waals surface area contributed by atoms with Crippen LogP contribution in [0.5, 0.6) is 0 Å². The van der Waals surface area contributed by atoms with E-state index in [0.717, 1.165) is 10.7 Å². The number of aryl methyl sites for hydroxylation is 1. The molecule has 0 saturated carbocycles. The van der Waals surface area contributed by atoms with E-state index in [1.54, 1.807) is 23.1 Å². The fourth-order valence-electron chi connectivity index (χ4n) is 1.84. The maximum atomic E-state index is 10.2. The molecule has 4 heteroatoms. The average Bonchev–Trinajstić information content (AvgIpc) is 2.86. The van der Waals surface area contributed by atoms with Gasteiger partial charge >= 0.3 is 0 Å². The molecule has 1 aromatic carbocycles. The molecule has 0 aliphatic heterocycles. The van der Waals surface area contributed by atoms with Crippen molar-refractivity contribution in [1.82, 2.24) is 4.98 Å². The number of aliphatic hydroxyl groups is 1. The van der Waals surface area contributed by atoms with E-state index in [4.69, 9.17) is 0 Å². The van der Waals surface area contributed by atoms with Crippen LogP contribution in [0.25, 0.3) is 0 Å². The zero-order valence-corrected chi connectivity index (χ0v) is 14.7. The minimum Gasteiger partial charge on any atom is -0.392 e. The minimum absolute atomic E-state index is 0.0797. The van der Waals surface area contributed by atoms with E-state index in [9.17, 15) is 5.11 Å². The quantitative estimate of drug-likeness (QED) is 0.826. The van der Waals surface area contributed by atoms with E-state index in [1.165, 1.54) is 10.5 Å². The van der Waals surface area contributed by atoms with Gasteiger partial charge in [0, 0.05) is 27.9 Å². The van der Waals surface area contributed by atoms with Crippen LogP contribution in [-0.2, 0) is 11.8 Å². The Morgan fingerprint density at radius 1 is 1.24 bits per heavy atom. The van der Waals surface area contributed by atoms with Gasteiger partial charge in [0.2, 0.25) is 0 Å². The summed E-state index contributed by atoms with van der Waals surface area (Å²) in [6.45, 7) is 8.57. The van der Waals surface area contributed by atoms with Crippen LogP contribution in [0.1, 0.15) is 37.0 Å². The van der Waals surface area contributed by atoms with E-state index in [1.807, 2.05) is 0 Å². The zero-order chi connectivity index (χ0) is 15.5. The maximum absolute atomic E-state index is 10.2. The molecule has 1 atom stereocenters. The van der Waals surface area contributed by atoms with Gasteiger partial charge in [0.25, 0.3) is 0 Å². The summed E-state index contributed by atoms with van der Waals surface area (Å²) in [6.07, 6.45) is 0.287. The number of rotatable bonds is 5. The van der Waals surface area contributed by atoms with Crippen LogP contribution in [0.2, 0.25) is 0 Å². The molecule has 0 spiro atoms. The maximum Gasteiger partial charge on any atom is 0.0954 e. The first-order valence-corrected chi connectivity index (χ1v) is 9.03. The Hall–Kier alpha value is -0.840. The summed E-state index contributed by atoms with van der Waals surface area (Å²) in [6, 6.07) is 8.41. The molecule has 0 aliphatic carbocycles. The molecule has 0 fully saturated rings. The molecule has 0 bridgehead atoms. The summed E-state index contributed by atoms with van der Waals surface area (Å²) in [5.41, 5.74) is 2.45. The number of hydrogen-bond acceptors (Lipinski definition) is 4. The molecular formula is C17H23NOS2. The molecule has 2 nitrogen and oxygen atoms in total. The van der Waals surface area contributed by atoms with Crippen LogP contribution in [-0.4, -0.2) is 21.9 Å². The molecular weight excluding hydrogens is 298 g/mol. The van der Waals surface area contributed by atoms with E-state index in [2.05, 4.69) is 62.3 Å². The van der Waals surface area contributed by atoms with E-state index >= 15 is 0 Å². The first-order valence-electron chi connectivity index (χ1n) is 7.17.